The largest absolute Gasteiger partial charge is 0.350 e. The second kappa shape index (κ2) is 6.43. The van der Waals surface area contributed by atoms with Gasteiger partial charge in [-0.1, -0.05) is 25.1 Å². The van der Waals surface area contributed by atoms with E-state index in [2.05, 4.69) is 17.3 Å². The number of hydrogen-bond acceptors (Lipinski definition) is 3. The third kappa shape index (κ3) is 2.89. The Kier molecular flexibility index (Phi) is 4.34. The third-order valence-corrected chi connectivity index (χ3v) is 4.46. The Morgan fingerprint density at radius 2 is 2.08 bits per heavy atom. The molecule has 124 valence electrons. The molecular formula is C19H22N4O. The predicted octanol–water partition coefficient (Wildman–Crippen LogP) is 3.47. The lowest BCUT2D eigenvalue weighted by Crippen LogP contribution is -2.32. The predicted molar refractivity (Wildman–Crippen MR) is 95.9 cm³/mol. The number of fused-ring (bicyclic) bond motifs is 1. The number of para-hydroxylation sites is 1. The van der Waals surface area contributed by atoms with E-state index < -0.39 is 0 Å². The standard InChI is InChI=1S/C19H22N4O/c1-5-12(2)21-19(24)15-10-18(16-11-20-23(4)13(16)3)22-17-9-7-6-8-14(15)17/h6-12H,5H2,1-4H3,(H,21,24). The van der Waals surface area contributed by atoms with Crippen molar-refractivity contribution in [3.05, 3.63) is 47.8 Å². The average Bonchev–Trinajstić information content (AvgIpc) is 2.92. The lowest BCUT2D eigenvalue weighted by atomic mass is 10.0. The number of rotatable bonds is 4. The van der Waals surface area contributed by atoms with Gasteiger partial charge in [-0.3, -0.25) is 9.48 Å². The van der Waals surface area contributed by atoms with Gasteiger partial charge in [0.15, 0.2) is 0 Å². The monoisotopic (exact) mass is 322 g/mol. The number of amides is 1. The van der Waals surface area contributed by atoms with Crippen LogP contribution in [0.5, 0.6) is 0 Å². The quantitative estimate of drug-likeness (QED) is 0.800. The lowest BCUT2D eigenvalue weighted by molar-refractivity contribution is 0.0941. The fourth-order valence-corrected chi connectivity index (χ4v) is 2.66. The number of nitrogens with one attached hydrogen (secondary N) is 1. The van der Waals surface area contributed by atoms with Gasteiger partial charge in [0.05, 0.1) is 23.0 Å². The molecule has 0 saturated heterocycles. The summed E-state index contributed by atoms with van der Waals surface area (Å²) < 4.78 is 1.81. The molecule has 1 aromatic carbocycles. The van der Waals surface area contributed by atoms with Gasteiger partial charge in [-0.05, 0) is 32.4 Å². The Balaban J connectivity index is 2.16. The summed E-state index contributed by atoms with van der Waals surface area (Å²) in [6, 6.07) is 9.74. The van der Waals surface area contributed by atoms with Crippen molar-refractivity contribution < 1.29 is 4.79 Å². The van der Waals surface area contributed by atoms with Gasteiger partial charge >= 0.3 is 0 Å². The first-order valence-electron chi connectivity index (χ1n) is 8.21. The maximum Gasteiger partial charge on any atom is 0.252 e. The van der Waals surface area contributed by atoms with Gasteiger partial charge in [-0.25, -0.2) is 4.98 Å². The van der Waals surface area contributed by atoms with E-state index >= 15 is 0 Å². The molecule has 1 atom stereocenters. The summed E-state index contributed by atoms with van der Waals surface area (Å²) in [7, 11) is 1.90. The van der Waals surface area contributed by atoms with Crippen molar-refractivity contribution in [2.24, 2.45) is 7.05 Å². The Morgan fingerprint density at radius 1 is 1.33 bits per heavy atom. The highest BCUT2D eigenvalue weighted by Gasteiger charge is 2.17. The molecule has 0 saturated carbocycles. The number of aromatic nitrogens is 3. The van der Waals surface area contributed by atoms with Crippen LogP contribution in [0.1, 0.15) is 36.3 Å². The van der Waals surface area contributed by atoms with Crippen molar-refractivity contribution in [2.45, 2.75) is 33.2 Å². The summed E-state index contributed by atoms with van der Waals surface area (Å²) in [5.74, 6) is -0.0641. The maximum atomic E-state index is 12.7. The summed E-state index contributed by atoms with van der Waals surface area (Å²) in [5, 5.41) is 8.20. The molecule has 3 rings (SSSR count). The van der Waals surface area contributed by atoms with Crippen LogP contribution in [0.3, 0.4) is 0 Å². The number of carbonyl (C=O) groups is 1. The number of aryl methyl sites for hydroxylation is 1. The number of carbonyl (C=O) groups excluding carboxylic acids is 1. The van der Waals surface area contributed by atoms with Crippen LogP contribution in [0.15, 0.2) is 36.5 Å². The van der Waals surface area contributed by atoms with Gasteiger partial charge in [0, 0.05) is 29.7 Å². The average molecular weight is 322 g/mol. The fourth-order valence-electron chi connectivity index (χ4n) is 2.66. The molecule has 5 heteroatoms. The van der Waals surface area contributed by atoms with Crippen molar-refractivity contribution in [2.75, 3.05) is 0 Å². The zero-order valence-electron chi connectivity index (χ0n) is 14.5. The van der Waals surface area contributed by atoms with E-state index in [0.717, 1.165) is 34.3 Å². The molecule has 0 aliphatic carbocycles. The van der Waals surface area contributed by atoms with E-state index in [0.29, 0.717) is 5.56 Å². The molecule has 1 unspecified atom stereocenters. The summed E-state index contributed by atoms with van der Waals surface area (Å²) in [6.07, 6.45) is 2.69. The van der Waals surface area contributed by atoms with E-state index in [1.165, 1.54) is 0 Å². The molecule has 0 bridgehead atoms. The summed E-state index contributed by atoms with van der Waals surface area (Å²) in [4.78, 5) is 17.5. The molecule has 2 heterocycles. The van der Waals surface area contributed by atoms with Crippen LogP contribution in [0, 0.1) is 6.92 Å². The molecular weight excluding hydrogens is 300 g/mol. The first-order valence-corrected chi connectivity index (χ1v) is 8.21. The minimum Gasteiger partial charge on any atom is -0.350 e. The molecule has 1 amide bonds. The van der Waals surface area contributed by atoms with Crippen LogP contribution >= 0.6 is 0 Å². The zero-order valence-corrected chi connectivity index (χ0v) is 14.5. The van der Waals surface area contributed by atoms with E-state index in [1.807, 2.05) is 55.9 Å². The first kappa shape index (κ1) is 16.2. The van der Waals surface area contributed by atoms with E-state index in [-0.39, 0.29) is 11.9 Å². The van der Waals surface area contributed by atoms with Gasteiger partial charge in [0.1, 0.15) is 0 Å². The number of hydrogen-bond donors (Lipinski definition) is 1. The van der Waals surface area contributed by atoms with Crippen molar-refractivity contribution in [1.29, 1.82) is 0 Å². The summed E-state index contributed by atoms with van der Waals surface area (Å²) in [5.41, 5.74) is 4.20. The Labute approximate surface area is 141 Å². The minimum absolute atomic E-state index is 0.0641. The Hall–Kier alpha value is -2.69. The van der Waals surface area contributed by atoms with Crippen molar-refractivity contribution in [3.8, 4) is 11.3 Å². The summed E-state index contributed by atoms with van der Waals surface area (Å²) >= 11 is 0. The smallest absolute Gasteiger partial charge is 0.252 e. The topological polar surface area (TPSA) is 59.8 Å². The van der Waals surface area contributed by atoms with Crippen LogP contribution in [0.4, 0.5) is 0 Å². The third-order valence-electron chi connectivity index (χ3n) is 4.46. The van der Waals surface area contributed by atoms with Crippen LogP contribution in [-0.2, 0) is 7.05 Å². The van der Waals surface area contributed by atoms with E-state index in [4.69, 9.17) is 4.98 Å². The van der Waals surface area contributed by atoms with Crippen molar-refractivity contribution >= 4 is 16.8 Å². The number of nitrogens with zero attached hydrogens (tertiary/aromatic N) is 3. The number of benzene rings is 1. The molecule has 0 aliphatic rings. The van der Waals surface area contributed by atoms with Gasteiger partial charge in [-0.15, -0.1) is 0 Å². The van der Waals surface area contributed by atoms with Crippen LogP contribution in [-0.4, -0.2) is 26.7 Å². The molecule has 1 N–H and O–H groups in total. The molecule has 2 aromatic heterocycles. The molecule has 24 heavy (non-hydrogen) atoms. The second-order valence-corrected chi connectivity index (χ2v) is 6.12. The Morgan fingerprint density at radius 3 is 2.75 bits per heavy atom. The molecule has 0 fully saturated rings. The van der Waals surface area contributed by atoms with E-state index in [9.17, 15) is 4.79 Å². The molecule has 0 aliphatic heterocycles. The van der Waals surface area contributed by atoms with Crippen molar-refractivity contribution in [1.82, 2.24) is 20.1 Å². The highest BCUT2D eigenvalue weighted by Crippen LogP contribution is 2.26. The zero-order chi connectivity index (χ0) is 17.3. The molecule has 5 nitrogen and oxygen atoms in total. The minimum atomic E-state index is -0.0641. The number of pyridine rings is 1. The Bertz CT molecular complexity index is 898. The lowest BCUT2D eigenvalue weighted by Gasteiger charge is -2.14. The normalized spacial score (nSPS) is 12.3. The van der Waals surface area contributed by atoms with Crippen molar-refractivity contribution in [3.63, 3.8) is 0 Å². The van der Waals surface area contributed by atoms with Gasteiger partial charge in [-0.2, -0.15) is 5.10 Å². The van der Waals surface area contributed by atoms with Crippen LogP contribution in [0.2, 0.25) is 0 Å². The fraction of sp³-hybridized carbons (Fsp3) is 0.316. The molecule has 3 aromatic rings. The van der Waals surface area contributed by atoms with Crippen LogP contribution in [0.25, 0.3) is 22.2 Å². The van der Waals surface area contributed by atoms with E-state index in [1.54, 1.807) is 6.20 Å². The molecule has 0 radical (unpaired) electrons. The van der Waals surface area contributed by atoms with Crippen LogP contribution < -0.4 is 5.32 Å². The maximum absolute atomic E-state index is 12.7. The highest BCUT2D eigenvalue weighted by atomic mass is 16.1. The highest BCUT2D eigenvalue weighted by molar-refractivity contribution is 6.07. The van der Waals surface area contributed by atoms with Gasteiger partial charge < -0.3 is 5.32 Å². The SMILES string of the molecule is CCC(C)NC(=O)c1cc(-c2cnn(C)c2C)nc2ccccc12. The molecule has 0 spiro atoms. The van der Waals surface area contributed by atoms with Gasteiger partial charge in [0.25, 0.3) is 5.91 Å². The second-order valence-electron chi connectivity index (χ2n) is 6.12. The first-order chi connectivity index (χ1) is 11.5. The van der Waals surface area contributed by atoms with Gasteiger partial charge in [0.2, 0.25) is 0 Å². The summed E-state index contributed by atoms with van der Waals surface area (Å²) in [6.45, 7) is 6.06.